The Balaban J connectivity index is 1.21. The summed E-state index contributed by atoms with van der Waals surface area (Å²) in [6, 6.07) is 5.30. The van der Waals surface area contributed by atoms with Crippen LogP contribution < -0.4 is 0 Å². The number of hydrogen-bond donors (Lipinski definition) is 1. The largest absolute Gasteiger partial charge is 0.508 e. The molecule has 1 N–H and O–H groups in total. The molecule has 0 amide bonds. The molecule has 43 heavy (non-hydrogen) atoms. The van der Waals surface area contributed by atoms with E-state index in [4.69, 9.17) is 0 Å². The molecule has 0 spiro atoms. The number of halogens is 6. The molecule has 7 atom stereocenters. The van der Waals surface area contributed by atoms with Crippen molar-refractivity contribution in [3.8, 4) is 5.75 Å². The summed E-state index contributed by atoms with van der Waals surface area (Å²) in [6.07, 6.45) is -1.64. The lowest BCUT2D eigenvalue weighted by molar-refractivity contribution is -0.284. The first-order chi connectivity index (χ1) is 20.1. The Morgan fingerprint density at radius 2 is 1.74 bits per heavy atom. The second-order valence-corrected chi connectivity index (χ2v) is 15.0. The van der Waals surface area contributed by atoms with Gasteiger partial charge in [0.05, 0.1) is 0 Å². The average Bonchev–Trinajstić information content (AvgIpc) is 3.20. The van der Waals surface area contributed by atoms with Gasteiger partial charge in [-0.2, -0.15) is 22.0 Å². The number of phenols is 1. The molecule has 0 saturated heterocycles. The first-order valence-electron chi connectivity index (χ1n) is 15.6. The Morgan fingerprint density at radius 3 is 2.47 bits per heavy atom. The van der Waals surface area contributed by atoms with Crippen molar-refractivity contribution >= 4 is 16.6 Å². The molecule has 0 heterocycles. The fourth-order valence-electron chi connectivity index (χ4n) is 8.11. The van der Waals surface area contributed by atoms with E-state index in [1.165, 1.54) is 0 Å². The maximum atomic E-state index is 15.9. The van der Waals surface area contributed by atoms with Crippen LogP contribution in [-0.4, -0.2) is 69.9 Å². The summed E-state index contributed by atoms with van der Waals surface area (Å²) < 4.78 is 90.6. The van der Waals surface area contributed by atoms with Gasteiger partial charge in [0, 0.05) is 46.5 Å². The molecule has 4 nitrogen and oxygen atoms in total. The number of benzene rings is 1. The first kappa shape index (κ1) is 34.3. The van der Waals surface area contributed by atoms with Gasteiger partial charge in [-0.15, -0.1) is 0 Å². The number of hydrogen-bond acceptors (Lipinski definition) is 4. The third-order valence-corrected chi connectivity index (χ3v) is 11.8. The van der Waals surface area contributed by atoms with Gasteiger partial charge in [-0.3, -0.25) is 9.00 Å². The summed E-state index contributed by atoms with van der Waals surface area (Å²) in [5.74, 6) is -3.95. The summed E-state index contributed by atoms with van der Waals surface area (Å²) in [6.45, 7) is 3.44. The first-order valence-corrected chi connectivity index (χ1v) is 17.1. The van der Waals surface area contributed by atoms with E-state index >= 15 is 4.39 Å². The number of aromatic hydroxyl groups is 1. The Morgan fingerprint density at radius 1 is 1.05 bits per heavy atom. The molecule has 244 valence electrons. The van der Waals surface area contributed by atoms with Gasteiger partial charge >= 0.3 is 12.1 Å². The highest BCUT2D eigenvalue weighted by atomic mass is 32.2. The van der Waals surface area contributed by atoms with E-state index < -0.39 is 47.3 Å². The number of rotatable bonds is 14. The smallest absolute Gasteiger partial charge is 0.453 e. The summed E-state index contributed by atoms with van der Waals surface area (Å²) in [5.41, 5.74) is 1.43. The number of Topliss-reactive ketones (excluding diaryl/α,β-unsaturated/α-hetero) is 1. The number of alkyl halides is 6. The average molecular weight is 638 g/mol. The number of phenolic OH excluding ortho intramolecular Hbond substituents is 1. The van der Waals surface area contributed by atoms with E-state index in [0.29, 0.717) is 19.4 Å². The lowest BCUT2D eigenvalue weighted by Crippen LogP contribution is -2.50. The van der Waals surface area contributed by atoms with E-state index in [9.17, 15) is 36.1 Å². The zero-order valence-electron chi connectivity index (χ0n) is 25.1. The van der Waals surface area contributed by atoms with Crippen LogP contribution in [0.15, 0.2) is 18.2 Å². The topological polar surface area (TPSA) is 57.6 Å². The molecule has 3 aliphatic rings. The van der Waals surface area contributed by atoms with Crippen LogP contribution in [0.3, 0.4) is 0 Å². The zero-order valence-corrected chi connectivity index (χ0v) is 25.9. The van der Waals surface area contributed by atoms with E-state index in [0.717, 1.165) is 56.2 Å². The minimum absolute atomic E-state index is 0.112. The minimum atomic E-state index is -5.57. The van der Waals surface area contributed by atoms with Gasteiger partial charge in [0.15, 0.2) is 0 Å². The van der Waals surface area contributed by atoms with Gasteiger partial charge in [0.2, 0.25) is 0 Å². The van der Waals surface area contributed by atoms with Crippen molar-refractivity contribution in [3.63, 3.8) is 0 Å². The van der Waals surface area contributed by atoms with E-state index in [-0.39, 0.29) is 53.1 Å². The van der Waals surface area contributed by atoms with Crippen LogP contribution in [0.5, 0.6) is 5.75 Å². The van der Waals surface area contributed by atoms with Crippen molar-refractivity contribution in [3.05, 3.63) is 29.3 Å². The molecule has 4 rings (SSSR count). The quantitative estimate of drug-likeness (QED) is 0.169. The number of ketones is 1. The summed E-state index contributed by atoms with van der Waals surface area (Å²) >= 11 is 0. The maximum absolute atomic E-state index is 15.9. The van der Waals surface area contributed by atoms with Crippen molar-refractivity contribution in [2.45, 2.75) is 102 Å². The highest BCUT2D eigenvalue weighted by Crippen LogP contribution is 2.62. The van der Waals surface area contributed by atoms with Gasteiger partial charge in [-0.25, -0.2) is 4.39 Å². The lowest BCUT2D eigenvalue weighted by atomic mass is 9.51. The van der Waals surface area contributed by atoms with Crippen molar-refractivity contribution < 1.29 is 40.5 Å². The van der Waals surface area contributed by atoms with Crippen molar-refractivity contribution in [2.24, 2.45) is 23.2 Å². The number of unbranched alkanes of at least 4 members (excludes halogenated alkanes) is 2. The second-order valence-electron chi connectivity index (χ2n) is 13.3. The predicted octanol–water partition coefficient (Wildman–Crippen LogP) is 7.60. The van der Waals surface area contributed by atoms with Crippen LogP contribution in [0.4, 0.5) is 26.3 Å². The number of fused-ring (bicyclic) bond motifs is 5. The van der Waals surface area contributed by atoms with E-state index in [2.05, 4.69) is 4.90 Å². The van der Waals surface area contributed by atoms with Crippen molar-refractivity contribution in [2.75, 3.05) is 31.6 Å². The normalized spacial score (nSPS) is 29.8. The molecule has 2 fully saturated rings. The Labute approximate surface area is 253 Å². The molecule has 1 aromatic carbocycles. The van der Waals surface area contributed by atoms with Crippen LogP contribution in [0.1, 0.15) is 88.2 Å². The van der Waals surface area contributed by atoms with Crippen molar-refractivity contribution in [1.82, 2.24) is 4.90 Å². The molecular weight excluding hydrogens is 592 g/mol. The molecule has 11 heteroatoms. The van der Waals surface area contributed by atoms with E-state index in [1.807, 2.05) is 20.0 Å². The Kier molecular flexibility index (Phi) is 11.0. The highest BCUT2D eigenvalue weighted by molar-refractivity contribution is 7.84. The molecule has 1 aromatic rings. The third kappa shape index (κ3) is 7.79. The van der Waals surface area contributed by atoms with Gasteiger partial charge in [-0.1, -0.05) is 25.8 Å². The molecule has 0 aromatic heterocycles. The molecule has 1 unspecified atom stereocenters. The monoisotopic (exact) mass is 637 g/mol. The molecule has 0 bridgehead atoms. The summed E-state index contributed by atoms with van der Waals surface area (Å²) in [5, 5.41) is 10.1. The maximum Gasteiger partial charge on any atom is 0.453 e. The SMILES string of the molecule is CN(CCCCC[C@@H]1Cc2cc(O)ccc2[C@@H]2[C@@H]1[C@@H]1CCC(=O)[C@@]1(C)C[C@@H]2F)CCCS(=O)CCCC(F)(F)C(F)(F)F. The van der Waals surface area contributed by atoms with Crippen LogP contribution in [0, 0.1) is 23.2 Å². The van der Waals surface area contributed by atoms with E-state index in [1.54, 1.807) is 12.1 Å². The van der Waals surface area contributed by atoms with Crippen LogP contribution in [0.25, 0.3) is 0 Å². The number of carbonyl (C=O) groups excluding carboxylic acids is 1. The van der Waals surface area contributed by atoms with Crippen LogP contribution >= 0.6 is 0 Å². The Bertz CT molecular complexity index is 1150. The second kappa shape index (κ2) is 13.8. The molecular formula is C32H45F6NO3S. The Hall–Kier alpha value is -1.62. The van der Waals surface area contributed by atoms with Crippen molar-refractivity contribution in [1.29, 1.82) is 0 Å². The summed E-state index contributed by atoms with van der Waals surface area (Å²) in [7, 11) is 0.516. The van der Waals surface area contributed by atoms with Gasteiger partial charge in [0.25, 0.3) is 0 Å². The molecule has 2 saturated carbocycles. The fraction of sp³-hybridized carbons (Fsp3) is 0.781. The standard InChI is InChI=1S/C32H45F6NO3S/c1-30-20-26(33)29-24-10-9-23(40)19-22(24)18-21(28(29)25(30)11-12-27(30)41)8-4-3-5-14-39(2)15-7-17-43(42)16-6-13-31(34,35)32(36,37)38/h9-10,19,21,25-26,28-29,40H,3-8,11-18,20H2,1-2H3/t21-,25+,26+,28+,29+,30+,43?/m1/s1. The van der Waals surface area contributed by atoms with Gasteiger partial charge < -0.3 is 10.0 Å². The lowest BCUT2D eigenvalue weighted by Gasteiger charge is -2.53. The zero-order chi connectivity index (χ0) is 31.6. The third-order valence-electron chi connectivity index (χ3n) is 10.3. The molecule has 3 aliphatic carbocycles. The highest BCUT2D eigenvalue weighted by Gasteiger charge is 2.60. The van der Waals surface area contributed by atoms with Crippen LogP contribution in [-0.2, 0) is 22.0 Å². The van der Waals surface area contributed by atoms with Gasteiger partial charge in [-0.05, 0) is 106 Å². The molecule has 0 radical (unpaired) electrons. The number of nitrogens with zero attached hydrogens (tertiary/aromatic N) is 1. The van der Waals surface area contributed by atoms with Gasteiger partial charge in [0.1, 0.15) is 17.7 Å². The predicted molar refractivity (Wildman–Crippen MR) is 156 cm³/mol. The fourth-order valence-corrected chi connectivity index (χ4v) is 9.23. The van der Waals surface area contributed by atoms with Crippen LogP contribution in [0.2, 0.25) is 0 Å². The minimum Gasteiger partial charge on any atom is -0.508 e. The number of carbonyl (C=O) groups is 1. The molecule has 0 aliphatic heterocycles. The summed E-state index contributed by atoms with van der Waals surface area (Å²) in [4.78, 5) is 15.0.